The number of hydrogen-bond donors (Lipinski definition) is 0. The van der Waals surface area contributed by atoms with Crippen molar-refractivity contribution in [3.63, 3.8) is 0 Å². The van der Waals surface area contributed by atoms with Gasteiger partial charge in [-0.3, -0.25) is 0 Å². The predicted octanol–water partition coefficient (Wildman–Crippen LogP) is 3.79. The first-order valence-corrected chi connectivity index (χ1v) is 5.90. The van der Waals surface area contributed by atoms with Gasteiger partial charge in [-0.15, -0.1) is 0 Å². The third-order valence-electron chi connectivity index (χ3n) is 2.41. The van der Waals surface area contributed by atoms with E-state index in [-0.39, 0.29) is 17.9 Å². The summed E-state index contributed by atoms with van der Waals surface area (Å²) in [6.45, 7) is 1.96. The van der Waals surface area contributed by atoms with Crippen LogP contribution in [0.25, 0.3) is 0 Å². The Bertz CT molecular complexity index is 567. The zero-order valence-electron chi connectivity index (χ0n) is 10.4. The zero-order chi connectivity index (χ0) is 13.7. The fourth-order valence-electron chi connectivity index (χ4n) is 1.57. The van der Waals surface area contributed by atoms with Crippen LogP contribution in [0.5, 0.6) is 11.5 Å². The van der Waals surface area contributed by atoms with Crippen LogP contribution in [0, 0.1) is 5.82 Å². The molecule has 0 spiro atoms. The van der Waals surface area contributed by atoms with Gasteiger partial charge < -0.3 is 9.47 Å². The topological polar surface area (TPSA) is 35.5 Å². The molecule has 2 aromatic rings. The van der Waals surface area contributed by atoms with Crippen LogP contribution in [0.3, 0.4) is 0 Å². The van der Waals surface area contributed by atoms with Crippen molar-refractivity contribution in [1.82, 2.24) is 0 Å². The van der Waals surface area contributed by atoms with Crippen molar-refractivity contribution in [2.24, 2.45) is 0 Å². The van der Waals surface area contributed by atoms with E-state index in [0.717, 1.165) is 0 Å². The SMILES string of the molecule is CCOC(=O)c1ccc(F)cc1Oc1ccccc1. The highest BCUT2D eigenvalue weighted by Gasteiger charge is 2.15. The normalized spacial score (nSPS) is 10.0. The molecule has 19 heavy (non-hydrogen) atoms. The van der Waals surface area contributed by atoms with Crippen LogP contribution >= 0.6 is 0 Å². The molecule has 0 unspecified atom stereocenters. The Morgan fingerprint density at radius 3 is 2.58 bits per heavy atom. The molecule has 0 aliphatic rings. The molecule has 0 radical (unpaired) electrons. The van der Waals surface area contributed by atoms with Crippen molar-refractivity contribution in [1.29, 1.82) is 0 Å². The summed E-state index contributed by atoms with van der Waals surface area (Å²) in [5, 5.41) is 0. The minimum absolute atomic E-state index is 0.143. The maximum atomic E-state index is 13.3. The van der Waals surface area contributed by atoms with Crippen molar-refractivity contribution in [3.8, 4) is 11.5 Å². The molecular formula is C15H13FO3. The van der Waals surface area contributed by atoms with E-state index >= 15 is 0 Å². The van der Waals surface area contributed by atoms with Gasteiger partial charge in [0.05, 0.1) is 6.61 Å². The van der Waals surface area contributed by atoms with Crippen LogP contribution in [-0.2, 0) is 4.74 Å². The second-order valence-electron chi connectivity index (χ2n) is 3.78. The number of esters is 1. The molecule has 0 aliphatic carbocycles. The third kappa shape index (κ3) is 3.31. The maximum absolute atomic E-state index is 13.3. The van der Waals surface area contributed by atoms with Gasteiger partial charge in [-0.25, -0.2) is 9.18 Å². The van der Waals surface area contributed by atoms with Gasteiger partial charge in [-0.1, -0.05) is 18.2 Å². The van der Waals surface area contributed by atoms with Gasteiger partial charge in [0.15, 0.2) is 0 Å². The molecule has 0 atom stereocenters. The van der Waals surface area contributed by atoms with E-state index in [1.807, 2.05) is 6.07 Å². The number of halogens is 1. The Kier molecular flexibility index (Phi) is 4.13. The minimum atomic E-state index is -0.534. The Labute approximate surface area is 110 Å². The van der Waals surface area contributed by atoms with Crippen LogP contribution in [0.15, 0.2) is 48.5 Å². The lowest BCUT2D eigenvalue weighted by Gasteiger charge is -2.10. The number of carbonyl (C=O) groups is 1. The highest BCUT2D eigenvalue weighted by Crippen LogP contribution is 2.26. The van der Waals surface area contributed by atoms with Gasteiger partial charge >= 0.3 is 5.97 Å². The first kappa shape index (κ1) is 13.1. The number of para-hydroxylation sites is 1. The lowest BCUT2D eigenvalue weighted by atomic mass is 10.2. The van der Waals surface area contributed by atoms with Gasteiger partial charge in [0.25, 0.3) is 0 Å². The summed E-state index contributed by atoms with van der Waals surface area (Å²) in [4.78, 5) is 11.7. The minimum Gasteiger partial charge on any atom is -0.462 e. The van der Waals surface area contributed by atoms with Crippen molar-refractivity contribution in [3.05, 3.63) is 59.9 Å². The fraction of sp³-hybridized carbons (Fsp3) is 0.133. The van der Waals surface area contributed by atoms with Gasteiger partial charge in [-0.05, 0) is 31.2 Å². The van der Waals surface area contributed by atoms with E-state index in [9.17, 15) is 9.18 Å². The van der Waals surface area contributed by atoms with Crippen molar-refractivity contribution >= 4 is 5.97 Å². The third-order valence-corrected chi connectivity index (χ3v) is 2.41. The summed E-state index contributed by atoms with van der Waals surface area (Å²) < 4.78 is 23.7. The maximum Gasteiger partial charge on any atom is 0.341 e. The largest absolute Gasteiger partial charge is 0.462 e. The summed E-state index contributed by atoms with van der Waals surface area (Å²) >= 11 is 0. The Morgan fingerprint density at radius 1 is 1.16 bits per heavy atom. The molecule has 4 heteroatoms. The van der Waals surface area contributed by atoms with Crippen LogP contribution in [0.2, 0.25) is 0 Å². The highest BCUT2D eigenvalue weighted by molar-refractivity contribution is 5.92. The van der Waals surface area contributed by atoms with Crippen molar-refractivity contribution in [2.75, 3.05) is 6.61 Å². The number of benzene rings is 2. The molecule has 3 nitrogen and oxygen atoms in total. The first-order valence-electron chi connectivity index (χ1n) is 5.90. The summed E-state index contributed by atoms with van der Waals surface area (Å²) in [5.41, 5.74) is 0.201. The van der Waals surface area contributed by atoms with Crippen molar-refractivity contribution in [2.45, 2.75) is 6.92 Å². The Balaban J connectivity index is 2.32. The summed E-state index contributed by atoms with van der Waals surface area (Å²) in [6, 6.07) is 12.6. The summed E-state index contributed by atoms with van der Waals surface area (Å²) in [5.74, 6) is -0.337. The van der Waals surface area contributed by atoms with Crippen LogP contribution in [0.1, 0.15) is 17.3 Å². The van der Waals surface area contributed by atoms with Gasteiger partial charge in [0.1, 0.15) is 22.9 Å². The fourth-order valence-corrected chi connectivity index (χ4v) is 1.57. The predicted molar refractivity (Wildman–Crippen MR) is 68.9 cm³/mol. The quantitative estimate of drug-likeness (QED) is 0.784. The van der Waals surface area contributed by atoms with Gasteiger partial charge in [0, 0.05) is 6.07 Å². The van der Waals surface area contributed by atoms with Crippen LogP contribution in [0.4, 0.5) is 4.39 Å². The second-order valence-corrected chi connectivity index (χ2v) is 3.78. The standard InChI is InChI=1S/C15H13FO3/c1-2-18-15(17)13-9-8-11(16)10-14(13)19-12-6-4-3-5-7-12/h3-10H,2H2,1H3. The van der Waals surface area contributed by atoms with E-state index in [0.29, 0.717) is 5.75 Å². The van der Waals surface area contributed by atoms with E-state index in [1.54, 1.807) is 31.2 Å². The van der Waals surface area contributed by atoms with Crippen LogP contribution in [-0.4, -0.2) is 12.6 Å². The summed E-state index contributed by atoms with van der Waals surface area (Å²) in [7, 11) is 0. The van der Waals surface area contributed by atoms with E-state index in [2.05, 4.69) is 0 Å². The summed E-state index contributed by atoms with van der Waals surface area (Å²) in [6.07, 6.45) is 0. The van der Waals surface area contributed by atoms with E-state index < -0.39 is 11.8 Å². The molecule has 0 aromatic heterocycles. The molecule has 0 amide bonds. The number of rotatable bonds is 4. The molecular weight excluding hydrogens is 247 g/mol. The number of ether oxygens (including phenoxy) is 2. The Morgan fingerprint density at radius 2 is 1.89 bits per heavy atom. The molecule has 0 saturated heterocycles. The molecule has 0 fully saturated rings. The first-order chi connectivity index (χ1) is 9.20. The lowest BCUT2D eigenvalue weighted by molar-refractivity contribution is 0.0523. The second kappa shape index (κ2) is 6.00. The molecule has 0 heterocycles. The smallest absolute Gasteiger partial charge is 0.341 e. The molecule has 2 rings (SSSR count). The molecule has 98 valence electrons. The zero-order valence-corrected chi connectivity index (χ0v) is 10.4. The highest BCUT2D eigenvalue weighted by atomic mass is 19.1. The average molecular weight is 260 g/mol. The monoisotopic (exact) mass is 260 g/mol. The van der Waals surface area contributed by atoms with E-state index in [1.165, 1.54) is 18.2 Å². The van der Waals surface area contributed by atoms with E-state index in [4.69, 9.17) is 9.47 Å². The van der Waals surface area contributed by atoms with Gasteiger partial charge in [0.2, 0.25) is 0 Å². The molecule has 2 aromatic carbocycles. The molecule has 0 aliphatic heterocycles. The molecule has 0 N–H and O–H groups in total. The van der Waals surface area contributed by atoms with Gasteiger partial charge in [-0.2, -0.15) is 0 Å². The average Bonchev–Trinajstić information content (AvgIpc) is 2.40. The molecule has 0 saturated carbocycles. The molecule has 0 bridgehead atoms. The van der Waals surface area contributed by atoms with Crippen LogP contribution < -0.4 is 4.74 Å². The number of hydrogen-bond acceptors (Lipinski definition) is 3. The Hall–Kier alpha value is -2.36. The lowest BCUT2D eigenvalue weighted by Crippen LogP contribution is -2.06. The van der Waals surface area contributed by atoms with Crippen molar-refractivity contribution < 1.29 is 18.7 Å². The number of carbonyl (C=O) groups excluding carboxylic acids is 1.